The minimum Gasteiger partial charge on any atom is -0.496 e. The monoisotopic (exact) mass is 274 g/mol. The molecule has 0 aliphatic rings. The van der Waals surface area contributed by atoms with Crippen molar-refractivity contribution >= 4 is 17.6 Å². The number of halogens is 1. The molecule has 100 valence electrons. The molecule has 0 aromatic heterocycles. The molecule has 1 aromatic rings. The second-order valence-corrected chi connectivity index (χ2v) is 4.13. The van der Waals surface area contributed by atoms with Gasteiger partial charge < -0.3 is 20.1 Å². The topological polar surface area (TPSA) is 87.0 Å². The highest BCUT2D eigenvalue weighted by molar-refractivity contribution is 6.17. The number of carboxylic acids is 1. The Labute approximate surface area is 110 Å². The van der Waals surface area contributed by atoms with E-state index in [1.165, 1.54) is 25.3 Å². The van der Waals surface area contributed by atoms with Crippen molar-refractivity contribution in [1.29, 1.82) is 0 Å². The molecular formula is C12H15ClO5. The summed E-state index contributed by atoms with van der Waals surface area (Å²) in [5.74, 6) is -0.599. The van der Waals surface area contributed by atoms with Crippen LogP contribution in [0.2, 0.25) is 0 Å². The Bertz CT molecular complexity index is 421. The van der Waals surface area contributed by atoms with Gasteiger partial charge in [-0.2, -0.15) is 0 Å². The summed E-state index contributed by atoms with van der Waals surface area (Å²) in [7, 11) is 1.40. The Morgan fingerprint density at radius 3 is 2.61 bits per heavy atom. The number of hydrogen-bond acceptors (Lipinski definition) is 4. The molecule has 0 spiro atoms. The van der Waals surface area contributed by atoms with Crippen LogP contribution in [0.4, 0.5) is 0 Å². The first kappa shape index (κ1) is 14.8. The van der Waals surface area contributed by atoms with Gasteiger partial charge >= 0.3 is 5.97 Å². The third-order valence-corrected chi connectivity index (χ3v) is 2.78. The van der Waals surface area contributed by atoms with Crippen molar-refractivity contribution in [2.75, 3.05) is 13.0 Å². The summed E-state index contributed by atoms with van der Waals surface area (Å²) in [5, 5.41) is 28.5. The van der Waals surface area contributed by atoms with E-state index >= 15 is 0 Å². The van der Waals surface area contributed by atoms with Crippen molar-refractivity contribution < 1.29 is 24.9 Å². The van der Waals surface area contributed by atoms with E-state index in [-0.39, 0.29) is 23.4 Å². The lowest BCUT2D eigenvalue weighted by atomic mass is 9.99. The number of carboxylic acid groups (broad SMARTS) is 1. The van der Waals surface area contributed by atoms with Gasteiger partial charge in [-0.15, -0.1) is 11.6 Å². The number of hydrogen-bond donors (Lipinski definition) is 3. The van der Waals surface area contributed by atoms with Crippen LogP contribution >= 0.6 is 11.6 Å². The maximum absolute atomic E-state index is 10.9. The van der Waals surface area contributed by atoms with Crippen LogP contribution in [-0.4, -0.2) is 40.4 Å². The van der Waals surface area contributed by atoms with Gasteiger partial charge in [0.1, 0.15) is 11.9 Å². The fourth-order valence-electron chi connectivity index (χ4n) is 1.58. The summed E-state index contributed by atoms with van der Waals surface area (Å²) in [6.45, 7) is 0. The Kier molecular flexibility index (Phi) is 5.40. The van der Waals surface area contributed by atoms with Crippen LogP contribution in [-0.2, 0) is 0 Å². The minimum absolute atomic E-state index is 0.0166. The number of aliphatic hydroxyl groups is 2. The lowest BCUT2D eigenvalue weighted by Crippen LogP contribution is -2.19. The molecule has 0 saturated heterocycles. The molecule has 18 heavy (non-hydrogen) atoms. The largest absolute Gasteiger partial charge is 0.496 e. The number of carbonyl (C=O) groups is 1. The molecule has 2 atom stereocenters. The van der Waals surface area contributed by atoms with E-state index in [0.29, 0.717) is 5.75 Å². The second-order valence-electron chi connectivity index (χ2n) is 3.75. The molecule has 1 aromatic carbocycles. The first-order chi connectivity index (χ1) is 8.51. The molecule has 1 rings (SSSR count). The number of alkyl halides is 1. The molecule has 5 nitrogen and oxygen atoms in total. The van der Waals surface area contributed by atoms with E-state index in [9.17, 15) is 15.0 Å². The van der Waals surface area contributed by atoms with Gasteiger partial charge in [-0.3, -0.25) is 0 Å². The summed E-state index contributed by atoms with van der Waals surface area (Å²) >= 11 is 5.49. The number of rotatable bonds is 6. The SMILES string of the molecule is COc1ccc(C(=O)O)cc1C(O)C(O)CCCl. The van der Waals surface area contributed by atoms with Crippen LogP contribution in [0.1, 0.15) is 28.4 Å². The average Bonchev–Trinajstić information content (AvgIpc) is 2.37. The fraction of sp³-hybridized carbons (Fsp3) is 0.417. The molecular weight excluding hydrogens is 260 g/mol. The average molecular weight is 275 g/mol. The number of aromatic carboxylic acids is 1. The van der Waals surface area contributed by atoms with Crippen LogP contribution in [0.5, 0.6) is 5.75 Å². The smallest absolute Gasteiger partial charge is 0.335 e. The Morgan fingerprint density at radius 2 is 2.11 bits per heavy atom. The number of benzene rings is 1. The molecule has 0 saturated carbocycles. The first-order valence-electron chi connectivity index (χ1n) is 5.34. The number of ether oxygens (including phenoxy) is 1. The third kappa shape index (κ3) is 3.35. The van der Waals surface area contributed by atoms with Gasteiger partial charge in [0.15, 0.2) is 0 Å². The van der Waals surface area contributed by atoms with Crippen molar-refractivity contribution in [3.8, 4) is 5.75 Å². The molecule has 0 aliphatic heterocycles. The van der Waals surface area contributed by atoms with E-state index in [2.05, 4.69) is 0 Å². The van der Waals surface area contributed by atoms with E-state index < -0.39 is 18.2 Å². The summed E-state index contributed by atoms with van der Waals surface area (Å²) < 4.78 is 5.03. The second kappa shape index (κ2) is 6.58. The van der Waals surface area contributed by atoms with Crippen molar-refractivity contribution in [2.24, 2.45) is 0 Å². The van der Waals surface area contributed by atoms with Gasteiger partial charge in [-0.25, -0.2) is 4.79 Å². The highest BCUT2D eigenvalue weighted by Crippen LogP contribution is 2.29. The van der Waals surface area contributed by atoms with Crippen molar-refractivity contribution in [2.45, 2.75) is 18.6 Å². The summed E-state index contributed by atoms with van der Waals surface area (Å²) in [6.07, 6.45) is -2.11. The molecule has 0 aliphatic carbocycles. The van der Waals surface area contributed by atoms with Gasteiger partial charge in [0.05, 0.1) is 18.8 Å². The van der Waals surface area contributed by atoms with E-state index in [0.717, 1.165) is 0 Å². The maximum atomic E-state index is 10.9. The van der Waals surface area contributed by atoms with Gasteiger partial charge in [0.25, 0.3) is 0 Å². The lowest BCUT2D eigenvalue weighted by molar-refractivity contribution is 0.0156. The van der Waals surface area contributed by atoms with Gasteiger partial charge in [0.2, 0.25) is 0 Å². The van der Waals surface area contributed by atoms with Gasteiger partial charge in [0, 0.05) is 11.4 Å². The summed E-state index contributed by atoms with van der Waals surface area (Å²) in [5.41, 5.74) is 0.248. The number of aliphatic hydroxyl groups excluding tert-OH is 2. The quantitative estimate of drug-likeness (QED) is 0.683. The van der Waals surface area contributed by atoms with E-state index in [1.54, 1.807) is 0 Å². The van der Waals surface area contributed by atoms with Crippen molar-refractivity contribution in [3.63, 3.8) is 0 Å². The predicted molar refractivity (Wildman–Crippen MR) is 66.3 cm³/mol. The normalized spacial score (nSPS) is 14.0. The molecule has 6 heteroatoms. The van der Waals surface area contributed by atoms with Gasteiger partial charge in [-0.1, -0.05) is 0 Å². The maximum Gasteiger partial charge on any atom is 0.335 e. The highest BCUT2D eigenvalue weighted by atomic mass is 35.5. The molecule has 2 unspecified atom stereocenters. The Morgan fingerprint density at radius 1 is 1.44 bits per heavy atom. The fourth-order valence-corrected chi connectivity index (χ4v) is 1.80. The van der Waals surface area contributed by atoms with Crippen LogP contribution < -0.4 is 4.74 Å². The highest BCUT2D eigenvalue weighted by Gasteiger charge is 2.22. The van der Waals surface area contributed by atoms with Crippen molar-refractivity contribution in [3.05, 3.63) is 29.3 Å². The summed E-state index contributed by atoms with van der Waals surface area (Å²) in [4.78, 5) is 10.9. The van der Waals surface area contributed by atoms with Gasteiger partial charge in [-0.05, 0) is 24.6 Å². The van der Waals surface area contributed by atoms with Crippen LogP contribution in [0, 0.1) is 0 Å². The Balaban J connectivity index is 3.10. The van der Waals surface area contributed by atoms with Crippen molar-refractivity contribution in [1.82, 2.24) is 0 Å². The standard InChI is InChI=1S/C12H15ClO5/c1-18-10-3-2-7(12(16)17)6-8(10)11(15)9(14)4-5-13/h2-3,6,9,11,14-15H,4-5H2,1H3,(H,16,17). The molecule has 0 fully saturated rings. The van der Waals surface area contributed by atoms with Crippen LogP contribution in [0.15, 0.2) is 18.2 Å². The first-order valence-corrected chi connectivity index (χ1v) is 5.88. The van der Waals surface area contributed by atoms with E-state index in [1.807, 2.05) is 0 Å². The minimum atomic E-state index is -1.24. The Hall–Kier alpha value is -1.30. The number of methoxy groups -OCH3 is 1. The molecule has 0 amide bonds. The predicted octanol–water partition coefficient (Wildman–Crippen LogP) is 1.42. The zero-order valence-corrected chi connectivity index (χ0v) is 10.6. The molecule has 0 radical (unpaired) electrons. The van der Waals surface area contributed by atoms with Crippen LogP contribution in [0.3, 0.4) is 0 Å². The lowest BCUT2D eigenvalue weighted by Gasteiger charge is -2.19. The van der Waals surface area contributed by atoms with Crippen LogP contribution in [0.25, 0.3) is 0 Å². The molecule has 0 heterocycles. The zero-order chi connectivity index (χ0) is 13.7. The molecule has 0 bridgehead atoms. The summed E-state index contributed by atoms with van der Waals surface area (Å²) in [6, 6.07) is 4.09. The molecule has 3 N–H and O–H groups in total. The zero-order valence-electron chi connectivity index (χ0n) is 9.84. The third-order valence-electron chi connectivity index (χ3n) is 2.56. The van der Waals surface area contributed by atoms with E-state index in [4.69, 9.17) is 21.4 Å².